The molecule has 1 aliphatic rings. The number of ether oxygens (including phenoxy) is 2. The number of carbonyl (C=O) groups is 1. The molecule has 136 valence electrons. The molecule has 0 spiro atoms. The van der Waals surface area contributed by atoms with Crippen molar-refractivity contribution in [3.63, 3.8) is 0 Å². The lowest BCUT2D eigenvalue weighted by molar-refractivity contribution is -0.167. The van der Waals surface area contributed by atoms with Crippen LogP contribution in [0, 0.1) is 17.3 Å². The van der Waals surface area contributed by atoms with Crippen LogP contribution in [0.15, 0.2) is 70.1 Å². The molecule has 2 aromatic rings. The van der Waals surface area contributed by atoms with Crippen LogP contribution >= 0.6 is 31.9 Å². The molecule has 0 amide bonds. The fourth-order valence-corrected chi connectivity index (χ4v) is 3.72. The number of rotatable bonds is 6. The first kappa shape index (κ1) is 19.2. The predicted molar refractivity (Wildman–Crippen MR) is 109 cm³/mol. The third-order valence-corrected chi connectivity index (χ3v) is 5.28. The van der Waals surface area contributed by atoms with E-state index in [9.17, 15) is 4.79 Å². The molecule has 5 heteroatoms. The van der Waals surface area contributed by atoms with Crippen molar-refractivity contribution in [2.24, 2.45) is 17.3 Å². The van der Waals surface area contributed by atoms with Gasteiger partial charge in [0.25, 0.3) is 6.29 Å². The highest BCUT2D eigenvalue weighted by atomic mass is 79.9. The van der Waals surface area contributed by atoms with Crippen LogP contribution < -0.4 is 4.74 Å². The first-order valence-electron chi connectivity index (χ1n) is 8.39. The van der Waals surface area contributed by atoms with E-state index in [4.69, 9.17) is 9.47 Å². The molecule has 1 unspecified atom stereocenters. The van der Waals surface area contributed by atoms with Crippen molar-refractivity contribution in [1.82, 2.24) is 0 Å². The van der Waals surface area contributed by atoms with E-state index in [1.165, 1.54) is 0 Å². The minimum absolute atomic E-state index is 0.122. The van der Waals surface area contributed by atoms with Crippen LogP contribution in [0.5, 0.6) is 5.75 Å². The van der Waals surface area contributed by atoms with Gasteiger partial charge in [0, 0.05) is 5.56 Å². The molecule has 0 heterocycles. The fraction of sp³-hybridized carbons (Fsp3) is 0.286. The van der Waals surface area contributed by atoms with Crippen molar-refractivity contribution in [2.75, 3.05) is 0 Å². The van der Waals surface area contributed by atoms with Crippen LogP contribution in [0.4, 0.5) is 0 Å². The Bertz CT molecular complexity index is 783. The summed E-state index contributed by atoms with van der Waals surface area (Å²) in [5.74, 6) is 0.334. The summed E-state index contributed by atoms with van der Waals surface area (Å²) >= 11 is 6.75. The SMILES string of the molecule is CC1(C)[C@H](C(=O)OC(Oc2ccccc2)c2ccccc2)[C@@H]1C=C(Br)Br. The zero-order valence-electron chi connectivity index (χ0n) is 14.6. The fourth-order valence-electron chi connectivity index (χ4n) is 3.15. The number of para-hydroxylation sites is 1. The Morgan fingerprint density at radius 3 is 2.19 bits per heavy atom. The average molecular weight is 480 g/mol. The largest absolute Gasteiger partial charge is 0.450 e. The van der Waals surface area contributed by atoms with Crippen molar-refractivity contribution >= 4 is 37.8 Å². The quantitative estimate of drug-likeness (QED) is 0.365. The van der Waals surface area contributed by atoms with E-state index < -0.39 is 6.29 Å². The Morgan fingerprint density at radius 1 is 1.04 bits per heavy atom. The molecule has 0 aromatic heterocycles. The summed E-state index contributed by atoms with van der Waals surface area (Å²) in [6, 6.07) is 18.9. The summed E-state index contributed by atoms with van der Waals surface area (Å²) in [4.78, 5) is 12.8. The number of halogens is 2. The lowest BCUT2D eigenvalue weighted by Crippen LogP contribution is -2.19. The topological polar surface area (TPSA) is 35.5 Å². The maximum atomic E-state index is 12.8. The first-order chi connectivity index (χ1) is 12.4. The molecular weight excluding hydrogens is 460 g/mol. The van der Waals surface area contributed by atoms with Gasteiger partial charge in [-0.3, -0.25) is 4.79 Å². The second-order valence-corrected chi connectivity index (χ2v) is 9.66. The summed E-state index contributed by atoms with van der Waals surface area (Å²) in [6.45, 7) is 4.14. The number of benzene rings is 2. The van der Waals surface area contributed by atoms with Gasteiger partial charge in [-0.1, -0.05) is 68.5 Å². The molecule has 2 aromatic carbocycles. The van der Waals surface area contributed by atoms with E-state index in [0.717, 1.165) is 8.96 Å². The molecule has 3 nitrogen and oxygen atoms in total. The smallest absolute Gasteiger partial charge is 0.313 e. The molecule has 1 saturated carbocycles. The Hall–Kier alpha value is -1.59. The van der Waals surface area contributed by atoms with Gasteiger partial charge in [0.05, 0.1) is 9.31 Å². The van der Waals surface area contributed by atoms with Crippen LogP contribution in [0.3, 0.4) is 0 Å². The Labute approximate surface area is 170 Å². The summed E-state index contributed by atoms with van der Waals surface area (Å²) in [7, 11) is 0. The van der Waals surface area contributed by atoms with Crippen LogP contribution in [-0.4, -0.2) is 5.97 Å². The van der Waals surface area contributed by atoms with Gasteiger partial charge in [0.15, 0.2) is 0 Å². The lowest BCUT2D eigenvalue weighted by atomic mass is 10.1. The second-order valence-electron chi connectivity index (χ2n) is 6.89. The average Bonchev–Trinajstić information content (AvgIpc) is 3.15. The number of carbonyl (C=O) groups excluding carboxylic acids is 1. The molecule has 0 aliphatic heterocycles. The molecule has 1 fully saturated rings. The van der Waals surface area contributed by atoms with Crippen LogP contribution in [0.25, 0.3) is 0 Å². The third kappa shape index (κ3) is 4.38. The van der Waals surface area contributed by atoms with Gasteiger partial charge in [-0.2, -0.15) is 0 Å². The number of esters is 1. The summed E-state index contributed by atoms with van der Waals surface area (Å²) in [5, 5.41) is 0. The molecule has 26 heavy (non-hydrogen) atoms. The van der Waals surface area contributed by atoms with Gasteiger partial charge >= 0.3 is 5.97 Å². The normalized spacial score (nSPS) is 21.4. The number of hydrogen-bond acceptors (Lipinski definition) is 3. The number of hydrogen-bond donors (Lipinski definition) is 0. The van der Waals surface area contributed by atoms with Crippen molar-refractivity contribution in [1.29, 1.82) is 0 Å². The van der Waals surface area contributed by atoms with Crippen LogP contribution in [0.1, 0.15) is 25.7 Å². The first-order valence-corrected chi connectivity index (χ1v) is 9.98. The Kier molecular flexibility index (Phi) is 5.88. The summed E-state index contributed by atoms with van der Waals surface area (Å²) < 4.78 is 12.6. The molecule has 0 bridgehead atoms. The van der Waals surface area contributed by atoms with E-state index in [1.807, 2.05) is 66.7 Å². The molecule has 0 N–H and O–H groups in total. The molecular formula is C21H20Br2O3. The zero-order chi connectivity index (χ0) is 18.7. The van der Waals surface area contributed by atoms with Gasteiger partial charge < -0.3 is 9.47 Å². The minimum Gasteiger partial charge on any atom is -0.450 e. The standard InChI is InChI=1S/C21H20Br2O3/c1-21(2)16(13-17(22)23)18(21)19(24)26-20(14-9-5-3-6-10-14)25-15-11-7-4-8-12-15/h3-13,16,18,20H,1-2H3/t16-,18-,20?/m0/s1. The van der Waals surface area contributed by atoms with Gasteiger partial charge in [-0.05, 0) is 55.3 Å². The van der Waals surface area contributed by atoms with Gasteiger partial charge in [-0.25, -0.2) is 0 Å². The maximum absolute atomic E-state index is 12.8. The molecule has 0 radical (unpaired) electrons. The van der Waals surface area contributed by atoms with E-state index in [0.29, 0.717) is 5.75 Å². The van der Waals surface area contributed by atoms with E-state index >= 15 is 0 Å². The number of allylic oxidation sites excluding steroid dienone is 1. The highest BCUT2D eigenvalue weighted by Crippen LogP contribution is 2.60. The highest BCUT2D eigenvalue weighted by molar-refractivity contribution is 9.28. The third-order valence-electron chi connectivity index (χ3n) is 4.75. The Morgan fingerprint density at radius 2 is 1.62 bits per heavy atom. The summed E-state index contributed by atoms with van der Waals surface area (Å²) in [6.07, 6.45) is 1.22. The predicted octanol–water partition coefficient (Wildman–Crippen LogP) is 6.21. The lowest BCUT2D eigenvalue weighted by Gasteiger charge is -2.20. The van der Waals surface area contributed by atoms with Crippen LogP contribution in [-0.2, 0) is 9.53 Å². The van der Waals surface area contributed by atoms with Gasteiger partial charge in [0.1, 0.15) is 5.75 Å². The summed E-state index contributed by atoms with van der Waals surface area (Å²) in [5.41, 5.74) is 0.662. The molecule has 0 saturated heterocycles. The minimum atomic E-state index is -0.778. The second kappa shape index (κ2) is 7.97. The molecule has 1 aliphatic carbocycles. The van der Waals surface area contributed by atoms with Crippen molar-refractivity contribution < 1.29 is 14.3 Å². The van der Waals surface area contributed by atoms with Crippen molar-refractivity contribution in [3.8, 4) is 5.75 Å². The van der Waals surface area contributed by atoms with E-state index in [-0.39, 0.29) is 23.2 Å². The molecule has 3 atom stereocenters. The van der Waals surface area contributed by atoms with E-state index in [2.05, 4.69) is 45.7 Å². The zero-order valence-corrected chi connectivity index (χ0v) is 17.7. The highest BCUT2D eigenvalue weighted by Gasteiger charge is 2.62. The Balaban J connectivity index is 1.78. The van der Waals surface area contributed by atoms with Crippen molar-refractivity contribution in [3.05, 3.63) is 75.7 Å². The molecule has 3 rings (SSSR count). The van der Waals surface area contributed by atoms with Crippen LogP contribution in [0.2, 0.25) is 0 Å². The maximum Gasteiger partial charge on any atom is 0.313 e. The monoisotopic (exact) mass is 478 g/mol. The van der Waals surface area contributed by atoms with Gasteiger partial charge in [-0.15, -0.1) is 0 Å². The van der Waals surface area contributed by atoms with Crippen molar-refractivity contribution in [2.45, 2.75) is 20.1 Å². The van der Waals surface area contributed by atoms with Gasteiger partial charge in [0.2, 0.25) is 0 Å². The van der Waals surface area contributed by atoms with E-state index in [1.54, 1.807) is 0 Å².